The molecule has 88 valence electrons. The molecule has 4 nitrogen and oxygen atoms in total. The molecule has 0 aliphatic heterocycles. The van der Waals surface area contributed by atoms with E-state index < -0.39 is 0 Å². The predicted octanol–water partition coefficient (Wildman–Crippen LogP) is 2.35. The van der Waals surface area contributed by atoms with Gasteiger partial charge in [0.15, 0.2) is 5.16 Å². The second kappa shape index (κ2) is 5.25. The van der Waals surface area contributed by atoms with Gasteiger partial charge < -0.3 is 5.73 Å². The van der Waals surface area contributed by atoms with E-state index in [-0.39, 0.29) is 6.04 Å². The van der Waals surface area contributed by atoms with Crippen molar-refractivity contribution < 1.29 is 0 Å². The molecule has 1 atom stereocenters. The maximum atomic E-state index is 5.90. The lowest BCUT2D eigenvalue weighted by atomic mass is 10.2. The van der Waals surface area contributed by atoms with E-state index in [1.165, 1.54) is 11.8 Å². The van der Waals surface area contributed by atoms with Crippen molar-refractivity contribution in [3.63, 3.8) is 0 Å². The summed E-state index contributed by atoms with van der Waals surface area (Å²) in [5, 5.41) is 1.56. The number of hydrogen-bond donors (Lipinski definition) is 1. The average molecular weight is 246 g/mol. The Hall–Kier alpha value is -1.46. The number of rotatable bonds is 3. The molecule has 0 unspecified atom stereocenters. The van der Waals surface area contributed by atoms with Crippen LogP contribution in [0.15, 0.2) is 40.9 Å². The topological polar surface area (TPSA) is 64.7 Å². The maximum absolute atomic E-state index is 5.90. The van der Waals surface area contributed by atoms with Gasteiger partial charge in [0.2, 0.25) is 0 Å². The Balaban J connectivity index is 2.26. The molecule has 2 heterocycles. The summed E-state index contributed by atoms with van der Waals surface area (Å²) in [6.45, 7) is 3.90. The summed E-state index contributed by atoms with van der Waals surface area (Å²) >= 11 is 1.44. The van der Waals surface area contributed by atoms with Crippen LogP contribution in [-0.2, 0) is 0 Å². The van der Waals surface area contributed by atoms with E-state index in [1.54, 1.807) is 18.6 Å². The molecule has 0 aromatic carbocycles. The van der Waals surface area contributed by atoms with E-state index in [0.29, 0.717) is 5.16 Å². The van der Waals surface area contributed by atoms with Gasteiger partial charge in [0.1, 0.15) is 5.03 Å². The van der Waals surface area contributed by atoms with Crippen LogP contribution in [-0.4, -0.2) is 15.0 Å². The lowest BCUT2D eigenvalue weighted by molar-refractivity contribution is 0.778. The van der Waals surface area contributed by atoms with Gasteiger partial charge in [-0.15, -0.1) is 0 Å². The van der Waals surface area contributed by atoms with Crippen molar-refractivity contribution in [3.05, 3.63) is 41.9 Å². The van der Waals surface area contributed by atoms with Crippen LogP contribution in [0.3, 0.4) is 0 Å². The van der Waals surface area contributed by atoms with Crippen LogP contribution in [0.2, 0.25) is 0 Å². The van der Waals surface area contributed by atoms with Crippen molar-refractivity contribution in [2.45, 2.75) is 30.1 Å². The summed E-state index contributed by atoms with van der Waals surface area (Å²) in [4.78, 5) is 12.8. The van der Waals surface area contributed by atoms with Crippen molar-refractivity contribution in [2.24, 2.45) is 5.73 Å². The Bertz CT molecular complexity index is 496. The molecule has 0 bridgehead atoms. The first-order valence-corrected chi connectivity index (χ1v) is 6.15. The van der Waals surface area contributed by atoms with E-state index >= 15 is 0 Å². The zero-order valence-electron chi connectivity index (χ0n) is 9.79. The Morgan fingerprint density at radius 3 is 2.59 bits per heavy atom. The van der Waals surface area contributed by atoms with Crippen LogP contribution in [0, 0.1) is 6.92 Å². The van der Waals surface area contributed by atoms with Crippen molar-refractivity contribution in [1.29, 1.82) is 0 Å². The Labute approximate surface area is 105 Å². The molecule has 0 fully saturated rings. The average Bonchev–Trinajstić information content (AvgIpc) is 2.32. The largest absolute Gasteiger partial charge is 0.324 e. The fourth-order valence-corrected chi connectivity index (χ4v) is 2.22. The molecule has 17 heavy (non-hydrogen) atoms. The quantitative estimate of drug-likeness (QED) is 0.842. The van der Waals surface area contributed by atoms with Crippen LogP contribution in [0.25, 0.3) is 0 Å². The van der Waals surface area contributed by atoms with Gasteiger partial charge in [-0.05, 0) is 37.2 Å². The molecule has 2 aromatic rings. The summed E-state index contributed by atoms with van der Waals surface area (Å²) in [7, 11) is 0. The molecular formula is C12H14N4S. The number of aromatic nitrogens is 3. The third kappa shape index (κ3) is 3.01. The van der Waals surface area contributed by atoms with Gasteiger partial charge in [-0.25, -0.2) is 15.0 Å². The second-order valence-corrected chi connectivity index (χ2v) is 4.79. The molecule has 0 saturated carbocycles. The number of nitrogens with zero attached hydrogens (tertiary/aromatic N) is 3. The predicted molar refractivity (Wildman–Crippen MR) is 67.7 cm³/mol. The number of aryl methyl sites for hydroxylation is 1. The number of pyridine rings is 1. The number of hydrogen-bond acceptors (Lipinski definition) is 5. The van der Waals surface area contributed by atoms with Crippen LogP contribution >= 0.6 is 11.8 Å². The number of nitrogens with two attached hydrogens (primary N) is 1. The lowest BCUT2D eigenvalue weighted by Crippen LogP contribution is -2.07. The third-order valence-electron chi connectivity index (χ3n) is 2.24. The van der Waals surface area contributed by atoms with Gasteiger partial charge in [0.25, 0.3) is 0 Å². The molecule has 2 rings (SSSR count). The van der Waals surface area contributed by atoms with Crippen LogP contribution in [0.1, 0.15) is 24.1 Å². The fourth-order valence-electron chi connectivity index (χ4n) is 1.35. The molecule has 0 amide bonds. The van der Waals surface area contributed by atoms with Gasteiger partial charge in [-0.3, -0.25) is 0 Å². The molecule has 5 heteroatoms. The first kappa shape index (κ1) is 12.0. The van der Waals surface area contributed by atoms with E-state index in [2.05, 4.69) is 15.0 Å². The normalized spacial score (nSPS) is 12.4. The summed E-state index contributed by atoms with van der Waals surface area (Å²) in [6.07, 6.45) is 5.34. The lowest BCUT2D eigenvalue weighted by Gasteiger charge is -2.09. The third-order valence-corrected chi connectivity index (χ3v) is 3.16. The van der Waals surface area contributed by atoms with E-state index in [0.717, 1.165) is 16.2 Å². The standard InChI is InChI=1S/C12H14N4S/c1-8-6-15-12(16-7-8)17-11-10(9(2)13)4-3-5-14-11/h3-7,9H,13H2,1-2H3/t9-/m0/s1. The van der Waals surface area contributed by atoms with Gasteiger partial charge in [-0.1, -0.05) is 6.07 Å². The molecule has 0 radical (unpaired) electrons. The highest BCUT2D eigenvalue weighted by Crippen LogP contribution is 2.28. The molecule has 0 saturated heterocycles. The smallest absolute Gasteiger partial charge is 0.193 e. The zero-order chi connectivity index (χ0) is 12.3. The minimum absolute atomic E-state index is 0.0448. The highest BCUT2D eigenvalue weighted by Gasteiger charge is 2.10. The Morgan fingerprint density at radius 1 is 1.24 bits per heavy atom. The van der Waals surface area contributed by atoms with Crippen molar-refractivity contribution in [2.75, 3.05) is 0 Å². The summed E-state index contributed by atoms with van der Waals surface area (Å²) in [6, 6.07) is 3.82. The first-order chi connectivity index (χ1) is 8.16. The summed E-state index contributed by atoms with van der Waals surface area (Å²) in [5.74, 6) is 0. The SMILES string of the molecule is Cc1cnc(Sc2ncccc2[C@H](C)N)nc1. The van der Waals surface area contributed by atoms with Crippen LogP contribution < -0.4 is 5.73 Å². The van der Waals surface area contributed by atoms with Gasteiger partial charge in [-0.2, -0.15) is 0 Å². The molecule has 0 aliphatic carbocycles. The van der Waals surface area contributed by atoms with E-state index in [4.69, 9.17) is 5.73 Å². The highest BCUT2D eigenvalue weighted by atomic mass is 32.2. The maximum Gasteiger partial charge on any atom is 0.193 e. The second-order valence-electron chi connectivity index (χ2n) is 3.83. The molecule has 2 N–H and O–H groups in total. The summed E-state index contributed by atoms with van der Waals surface area (Å²) in [5.41, 5.74) is 7.96. The molecule has 2 aromatic heterocycles. The molecule has 0 aliphatic rings. The van der Waals surface area contributed by atoms with E-state index in [9.17, 15) is 0 Å². The zero-order valence-corrected chi connectivity index (χ0v) is 10.6. The van der Waals surface area contributed by atoms with Gasteiger partial charge >= 0.3 is 0 Å². The van der Waals surface area contributed by atoms with Crippen LogP contribution in [0.5, 0.6) is 0 Å². The highest BCUT2D eigenvalue weighted by molar-refractivity contribution is 7.99. The Kier molecular flexibility index (Phi) is 3.71. The molecule has 0 spiro atoms. The fraction of sp³-hybridized carbons (Fsp3) is 0.250. The summed E-state index contributed by atoms with van der Waals surface area (Å²) < 4.78 is 0. The molecular weight excluding hydrogens is 232 g/mol. The first-order valence-electron chi connectivity index (χ1n) is 5.34. The minimum Gasteiger partial charge on any atom is -0.324 e. The van der Waals surface area contributed by atoms with Gasteiger partial charge in [0, 0.05) is 30.2 Å². The van der Waals surface area contributed by atoms with Crippen molar-refractivity contribution >= 4 is 11.8 Å². The van der Waals surface area contributed by atoms with E-state index in [1.807, 2.05) is 26.0 Å². The van der Waals surface area contributed by atoms with Gasteiger partial charge in [0.05, 0.1) is 0 Å². The monoisotopic (exact) mass is 246 g/mol. The van der Waals surface area contributed by atoms with Crippen molar-refractivity contribution in [3.8, 4) is 0 Å². The van der Waals surface area contributed by atoms with Crippen molar-refractivity contribution in [1.82, 2.24) is 15.0 Å². The Morgan fingerprint density at radius 2 is 1.94 bits per heavy atom. The van der Waals surface area contributed by atoms with Crippen LogP contribution in [0.4, 0.5) is 0 Å². The minimum atomic E-state index is -0.0448.